The number of amides is 1. The number of nitrogens with zero attached hydrogens (tertiary/aromatic N) is 4. The van der Waals surface area contributed by atoms with Gasteiger partial charge in [-0.3, -0.25) is 9.36 Å². The van der Waals surface area contributed by atoms with Crippen molar-refractivity contribution < 1.29 is 4.79 Å². The Morgan fingerprint density at radius 1 is 0.966 bits per heavy atom. The molecule has 4 aromatic rings. The number of carbonyl (C=O) groups excluding carboxylic acids is 1. The maximum absolute atomic E-state index is 12.3. The number of aromatic nitrogens is 4. The summed E-state index contributed by atoms with van der Waals surface area (Å²) in [6, 6.07) is 16.7. The van der Waals surface area contributed by atoms with Crippen molar-refractivity contribution in [3.05, 3.63) is 88.3 Å². The van der Waals surface area contributed by atoms with Crippen molar-refractivity contribution in [2.45, 2.75) is 6.92 Å². The van der Waals surface area contributed by atoms with E-state index in [1.54, 1.807) is 6.20 Å². The van der Waals surface area contributed by atoms with Gasteiger partial charge in [0.05, 0.1) is 0 Å². The number of aryl methyl sites for hydroxylation is 1. The summed E-state index contributed by atoms with van der Waals surface area (Å²) < 4.78 is 2.97. The molecular weight excluding hydrogens is 479 g/mol. The normalized spacial score (nSPS) is 10.6. The molecule has 0 radical (unpaired) electrons. The quantitative estimate of drug-likeness (QED) is 0.396. The van der Waals surface area contributed by atoms with Crippen molar-refractivity contribution in [2.75, 3.05) is 10.6 Å². The van der Waals surface area contributed by atoms with Crippen LogP contribution in [-0.4, -0.2) is 25.4 Å². The first kappa shape index (κ1) is 19.1. The molecule has 0 aliphatic rings. The highest BCUT2D eigenvalue weighted by Crippen LogP contribution is 2.19. The summed E-state index contributed by atoms with van der Waals surface area (Å²) in [6.07, 6.45) is 5.09. The molecule has 0 saturated heterocycles. The summed E-state index contributed by atoms with van der Waals surface area (Å²) in [4.78, 5) is 25.1. The monoisotopic (exact) mass is 496 g/mol. The first-order valence-electron chi connectivity index (χ1n) is 8.85. The lowest BCUT2D eigenvalue weighted by Crippen LogP contribution is -2.11. The van der Waals surface area contributed by atoms with Crippen molar-refractivity contribution in [1.29, 1.82) is 0 Å². The molecular formula is C21H17IN6O. The van der Waals surface area contributed by atoms with E-state index in [2.05, 4.69) is 48.2 Å². The number of hydrogen-bond donors (Lipinski definition) is 2. The zero-order valence-electron chi connectivity index (χ0n) is 15.5. The van der Waals surface area contributed by atoms with Gasteiger partial charge < -0.3 is 10.6 Å². The second-order valence-corrected chi connectivity index (χ2v) is 7.51. The van der Waals surface area contributed by atoms with Crippen molar-refractivity contribution in [2.24, 2.45) is 0 Å². The van der Waals surface area contributed by atoms with Crippen LogP contribution in [0.15, 0.2) is 73.3 Å². The lowest BCUT2D eigenvalue weighted by atomic mass is 10.2. The molecule has 2 aromatic heterocycles. The molecule has 4 rings (SSSR count). The molecule has 0 spiro atoms. The molecule has 0 fully saturated rings. The van der Waals surface area contributed by atoms with Crippen molar-refractivity contribution in [1.82, 2.24) is 19.5 Å². The van der Waals surface area contributed by atoms with Crippen LogP contribution in [0.25, 0.3) is 5.82 Å². The van der Waals surface area contributed by atoms with E-state index in [1.807, 2.05) is 72.3 Å². The minimum atomic E-state index is -0.141. The van der Waals surface area contributed by atoms with E-state index in [-0.39, 0.29) is 5.91 Å². The Labute approximate surface area is 181 Å². The molecule has 2 aromatic carbocycles. The number of anilines is 3. The van der Waals surface area contributed by atoms with Gasteiger partial charge in [-0.1, -0.05) is 0 Å². The van der Waals surface area contributed by atoms with Gasteiger partial charge in [-0.2, -0.15) is 0 Å². The van der Waals surface area contributed by atoms with Gasteiger partial charge in [0.25, 0.3) is 5.91 Å². The number of nitrogens with one attached hydrogen (secondary N) is 2. The summed E-state index contributed by atoms with van der Waals surface area (Å²) in [5.74, 6) is 2.11. The highest BCUT2D eigenvalue weighted by molar-refractivity contribution is 14.1. The fraction of sp³-hybridized carbons (Fsp3) is 0.0476. The highest BCUT2D eigenvalue weighted by atomic mass is 127. The molecule has 0 aliphatic heterocycles. The van der Waals surface area contributed by atoms with Gasteiger partial charge in [-0.25, -0.2) is 15.0 Å². The van der Waals surface area contributed by atoms with Crippen LogP contribution in [0.4, 0.5) is 17.2 Å². The third kappa shape index (κ3) is 4.60. The Balaban J connectivity index is 1.44. The first-order chi connectivity index (χ1) is 14.1. The number of rotatable bonds is 5. The summed E-state index contributed by atoms with van der Waals surface area (Å²) in [7, 11) is 0. The van der Waals surface area contributed by atoms with E-state index in [0.717, 1.165) is 26.6 Å². The average Bonchev–Trinajstić information content (AvgIpc) is 3.16. The third-order valence-corrected chi connectivity index (χ3v) is 4.97. The smallest absolute Gasteiger partial charge is 0.255 e. The molecule has 0 aliphatic carbocycles. The van der Waals surface area contributed by atoms with Gasteiger partial charge in [-0.05, 0) is 78.0 Å². The zero-order valence-corrected chi connectivity index (χ0v) is 17.7. The minimum Gasteiger partial charge on any atom is -0.340 e. The minimum absolute atomic E-state index is 0.141. The number of imidazole rings is 1. The van der Waals surface area contributed by atoms with E-state index < -0.39 is 0 Å². The van der Waals surface area contributed by atoms with Gasteiger partial charge in [0.1, 0.15) is 23.8 Å². The SMILES string of the molecule is Cc1nccn1-c1cc(Nc2ccc(NC(=O)c3ccc(I)cc3)cc2)ncn1. The van der Waals surface area contributed by atoms with Gasteiger partial charge in [0.15, 0.2) is 0 Å². The second kappa shape index (κ2) is 8.39. The molecule has 0 saturated carbocycles. The van der Waals surface area contributed by atoms with Gasteiger partial charge in [0, 0.05) is 39.0 Å². The maximum atomic E-state index is 12.3. The molecule has 8 heteroatoms. The van der Waals surface area contributed by atoms with E-state index in [4.69, 9.17) is 0 Å². The summed E-state index contributed by atoms with van der Waals surface area (Å²) >= 11 is 2.21. The molecule has 0 bridgehead atoms. The Bertz CT molecular complexity index is 1140. The fourth-order valence-electron chi connectivity index (χ4n) is 2.76. The van der Waals surface area contributed by atoms with Gasteiger partial charge in [0.2, 0.25) is 0 Å². The van der Waals surface area contributed by atoms with Crippen LogP contribution in [0.2, 0.25) is 0 Å². The molecule has 7 nitrogen and oxygen atoms in total. The molecule has 0 atom stereocenters. The maximum Gasteiger partial charge on any atom is 0.255 e. The Hall–Kier alpha value is -3.27. The summed E-state index contributed by atoms with van der Waals surface area (Å²) in [6.45, 7) is 1.92. The van der Waals surface area contributed by atoms with E-state index in [1.165, 1.54) is 6.33 Å². The molecule has 0 unspecified atom stereocenters. The standard InChI is InChI=1S/C21H17IN6O/c1-14-23-10-11-28(14)20-12-19(24-13-25-20)26-17-6-8-18(9-7-17)27-21(29)15-2-4-16(22)5-3-15/h2-13H,1H3,(H,27,29)(H,24,25,26). The van der Waals surface area contributed by atoms with Crippen LogP contribution in [0, 0.1) is 10.5 Å². The van der Waals surface area contributed by atoms with Crippen molar-refractivity contribution in [3.8, 4) is 5.82 Å². The van der Waals surface area contributed by atoms with Crippen LogP contribution in [0.3, 0.4) is 0 Å². The number of carbonyl (C=O) groups is 1. The highest BCUT2D eigenvalue weighted by Gasteiger charge is 2.07. The average molecular weight is 496 g/mol. The third-order valence-electron chi connectivity index (χ3n) is 4.25. The predicted octanol–water partition coefficient (Wildman–Crippen LogP) is 4.57. The van der Waals surface area contributed by atoms with Crippen LogP contribution in [-0.2, 0) is 0 Å². The lowest BCUT2D eigenvalue weighted by Gasteiger charge is -2.10. The number of halogens is 1. The molecule has 2 heterocycles. The number of hydrogen-bond acceptors (Lipinski definition) is 5. The van der Waals surface area contributed by atoms with Crippen LogP contribution in [0.1, 0.15) is 16.2 Å². The van der Waals surface area contributed by atoms with E-state index in [9.17, 15) is 4.79 Å². The Morgan fingerprint density at radius 3 is 2.38 bits per heavy atom. The largest absolute Gasteiger partial charge is 0.340 e. The Morgan fingerprint density at radius 2 is 1.69 bits per heavy atom. The molecule has 2 N–H and O–H groups in total. The van der Waals surface area contributed by atoms with Crippen molar-refractivity contribution >= 4 is 45.7 Å². The predicted molar refractivity (Wildman–Crippen MR) is 121 cm³/mol. The Kier molecular flexibility index (Phi) is 5.52. The molecule has 29 heavy (non-hydrogen) atoms. The molecule has 1 amide bonds. The zero-order chi connectivity index (χ0) is 20.2. The topological polar surface area (TPSA) is 84.7 Å². The van der Waals surface area contributed by atoms with Crippen molar-refractivity contribution in [3.63, 3.8) is 0 Å². The van der Waals surface area contributed by atoms with E-state index in [0.29, 0.717) is 11.4 Å². The van der Waals surface area contributed by atoms with Crippen LogP contribution >= 0.6 is 22.6 Å². The first-order valence-corrected chi connectivity index (χ1v) is 9.93. The van der Waals surface area contributed by atoms with Crippen LogP contribution in [0.5, 0.6) is 0 Å². The summed E-state index contributed by atoms with van der Waals surface area (Å²) in [5, 5.41) is 6.14. The number of benzene rings is 2. The lowest BCUT2D eigenvalue weighted by molar-refractivity contribution is 0.102. The second-order valence-electron chi connectivity index (χ2n) is 6.27. The molecule has 144 valence electrons. The fourth-order valence-corrected chi connectivity index (χ4v) is 3.12. The van der Waals surface area contributed by atoms with E-state index >= 15 is 0 Å². The summed E-state index contributed by atoms with van der Waals surface area (Å²) in [5.41, 5.74) is 2.19. The van der Waals surface area contributed by atoms with Crippen LogP contribution < -0.4 is 10.6 Å². The van der Waals surface area contributed by atoms with Gasteiger partial charge >= 0.3 is 0 Å². The van der Waals surface area contributed by atoms with Gasteiger partial charge in [-0.15, -0.1) is 0 Å².